The molecule has 0 radical (unpaired) electrons. The maximum absolute atomic E-state index is 13.4. The van der Waals surface area contributed by atoms with Gasteiger partial charge in [0.1, 0.15) is 12.0 Å². The zero-order valence-electron chi connectivity index (χ0n) is 21.2. The molecule has 5 aromatic rings. The summed E-state index contributed by atoms with van der Waals surface area (Å²) in [6, 6.07) is 11.2. The largest absolute Gasteiger partial charge is 0.386 e. The van der Waals surface area contributed by atoms with E-state index in [9.17, 15) is 14.7 Å². The lowest BCUT2D eigenvalue weighted by Crippen LogP contribution is -2.24. The van der Waals surface area contributed by atoms with Gasteiger partial charge in [-0.25, -0.2) is 4.98 Å². The zero-order valence-corrected chi connectivity index (χ0v) is 21.2. The standard InChI is InChI=1S/C29H26N6O3/c1-15-17(8-6-10-22(15)35-14-31-20-9-5-4-7-19(20)28(35)37)24-23-18-12-11-16(29(2,3)38)13-21(18)32-25(23)26(27(30)36)34-33-24/h4,6-8,10-14,32,38H,5,9H2,1-3H3,(H2,30,36). The van der Waals surface area contributed by atoms with Crippen LogP contribution in [0.4, 0.5) is 0 Å². The first-order valence-electron chi connectivity index (χ1n) is 12.4. The van der Waals surface area contributed by atoms with Crippen LogP contribution in [0.5, 0.6) is 0 Å². The number of benzene rings is 2. The lowest BCUT2D eigenvalue weighted by atomic mass is 9.95. The summed E-state index contributed by atoms with van der Waals surface area (Å²) < 4.78 is 1.56. The van der Waals surface area contributed by atoms with Crippen molar-refractivity contribution in [2.24, 2.45) is 5.73 Å². The third-order valence-corrected chi connectivity index (χ3v) is 7.20. The second-order valence-electron chi connectivity index (χ2n) is 10.1. The van der Waals surface area contributed by atoms with Crippen molar-refractivity contribution in [1.82, 2.24) is 24.7 Å². The van der Waals surface area contributed by atoms with Crippen molar-refractivity contribution in [3.05, 3.63) is 87.2 Å². The third-order valence-electron chi connectivity index (χ3n) is 7.20. The number of nitrogens with zero attached hydrogens (tertiary/aromatic N) is 4. The molecule has 6 rings (SSSR count). The van der Waals surface area contributed by atoms with E-state index in [4.69, 9.17) is 5.73 Å². The molecule has 0 fully saturated rings. The number of aromatic amines is 1. The molecular weight excluding hydrogens is 480 g/mol. The van der Waals surface area contributed by atoms with Crippen molar-refractivity contribution in [1.29, 1.82) is 0 Å². The van der Waals surface area contributed by atoms with Gasteiger partial charge in [-0.3, -0.25) is 14.2 Å². The molecule has 0 saturated carbocycles. The molecule has 9 heteroatoms. The minimum Gasteiger partial charge on any atom is -0.386 e. The van der Waals surface area contributed by atoms with Crippen molar-refractivity contribution < 1.29 is 9.90 Å². The molecule has 1 amide bonds. The maximum atomic E-state index is 13.4. The number of nitrogens with one attached hydrogen (secondary N) is 1. The molecule has 1 aliphatic carbocycles. The predicted molar refractivity (Wildman–Crippen MR) is 146 cm³/mol. The van der Waals surface area contributed by atoms with Gasteiger partial charge in [0.25, 0.3) is 11.5 Å². The van der Waals surface area contributed by atoms with E-state index in [1.54, 1.807) is 24.7 Å². The highest BCUT2D eigenvalue weighted by atomic mass is 16.3. The van der Waals surface area contributed by atoms with Crippen LogP contribution >= 0.6 is 0 Å². The fourth-order valence-corrected chi connectivity index (χ4v) is 5.17. The first-order valence-corrected chi connectivity index (χ1v) is 12.4. The van der Waals surface area contributed by atoms with Crippen molar-refractivity contribution in [2.45, 2.75) is 39.2 Å². The van der Waals surface area contributed by atoms with Gasteiger partial charge in [-0.15, -0.1) is 10.2 Å². The number of aromatic nitrogens is 5. The highest BCUT2D eigenvalue weighted by Gasteiger charge is 2.23. The average molecular weight is 507 g/mol. The summed E-state index contributed by atoms with van der Waals surface area (Å²) in [6.07, 6.45) is 7.03. The van der Waals surface area contributed by atoms with Crippen LogP contribution in [0.15, 0.2) is 53.6 Å². The second kappa shape index (κ2) is 8.46. The van der Waals surface area contributed by atoms with Gasteiger partial charge in [-0.1, -0.05) is 36.4 Å². The Hall–Kier alpha value is -4.63. The van der Waals surface area contributed by atoms with Crippen molar-refractivity contribution >= 4 is 33.8 Å². The number of carbonyl (C=O) groups is 1. The molecule has 3 heterocycles. The second-order valence-corrected chi connectivity index (χ2v) is 10.1. The van der Waals surface area contributed by atoms with Gasteiger partial charge in [0.15, 0.2) is 5.69 Å². The average Bonchev–Trinajstić information content (AvgIpc) is 3.27. The summed E-state index contributed by atoms with van der Waals surface area (Å²) >= 11 is 0. The minimum absolute atomic E-state index is 0.0282. The fourth-order valence-electron chi connectivity index (χ4n) is 5.17. The van der Waals surface area contributed by atoms with Crippen molar-refractivity contribution in [2.75, 3.05) is 0 Å². The van der Waals surface area contributed by atoms with Crippen LogP contribution in [0, 0.1) is 6.92 Å². The Morgan fingerprint density at radius 3 is 2.76 bits per heavy atom. The third kappa shape index (κ3) is 3.62. The van der Waals surface area contributed by atoms with Crippen LogP contribution in [0.2, 0.25) is 0 Å². The summed E-state index contributed by atoms with van der Waals surface area (Å²) in [7, 11) is 0. The van der Waals surface area contributed by atoms with Crippen LogP contribution in [-0.2, 0) is 12.0 Å². The number of aliphatic hydroxyl groups is 1. The summed E-state index contributed by atoms with van der Waals surface area (Å²) in [5.41, 5.74) is 10.6. The molecule has 4 N–H and O–H groups in total. The lowest BCUT2D eigenvalue weighted by molar-refractivity contribution is 0.0787. The zero-order chi connectivity index (χ0) is 26.8. The van der Waals surface area contributed by atoms with Crippen LogP contribution < -0.4 is 11.3 Å². The highest BCUT2D eigenvalue weighted by molar-refractivity contribution is 6.18. The van der Waals surface area contributed by atoms with Gasteiger partial charge in [0.05, 0.1) is 28.1 Å². The van der Waals surface area contributed by atoms with E-state index in [0.29, 0.717) is 38.9 Å². The first kappa shape index (κ1) is 23.7. The Morgan fingerprint density at radius 2 is 2.00 bits per heavy atom. The number of nitrogens with two attached hydrogens (primary N) is 1. The predicted octanol–water partition coefficient (Wildman–Crippen LogP) is 3.92. The Balaban J connectivity index is 1.62. The van der Waals surface area contributed by atoms with E-state index < -0.39 is 11.5 Å². The SMILES string of the molecule is Cc1c(-c2nnc(C(N)=O)c3[nH]c4cc(C(C)(C)O)ccc4c23)cccc1-n1cnc2c(c1=O)C=CCC2. The van der Waals surface area contributed by atoms with E-state index in [1.807, 2.05) is 55.5 Å². The lowest BCUT2D eigenvalue weighted by Gasteiger charge is -2.17. The quantitative estimate of drug-likeness (QED) is 0.338. The van der Waals surface area contributed by atoms with E-state index in [0.717, 1.165) is 35.0 Å². The van der Waals surface area contributed by atoms with Crippen LogP contribution in [-0.4, -0.2) is 35.7 Å². The number of allylic oxidation sites excluding steroid dienone is 1. The van der Waals surface area contributed by atoms with Crippen molar-refractivity contribution in [3.63, 3.8) is 0 Å². The van der Waals surface area contributed by atoms with Crippen LogP contribution in [0.1, 0.15) is 53.1 Å². The van der Waals surface area contributed by atoms with Gasteiger partial charge in [-0.2, -0.15) is 0 Å². The number of H-pyrrole nitrogens is 1. The molecule has 0 bridgehead atoms. The molecule has 9 nitrogen and oxygen atoms in total. The number of rotatable bonds is 4. The van der Waals surface area contributed by atoms with E-state index in [1.165, 1.54) is 0 Å². The molecule has 0 atom stereocenters. The molecule has 0 saturated heterocycles. The normalized spacial score (nSPS) is 13.3. The Labute approximate surface area is 217 Å². The number of carbonyl (C=O) groups excluding carboxylic acids is 1. The number of fused-ring (bicyclic) bond motifs is 4. The Kier molecular flexibility index (Phi) is 5.29. The summed E-state index contributed by atoms with van der Waals surface area (Å²) in [4.78, 5) is 33.4. The fraction of sp³-hybridized carbons (Fsp3) is 0.207. The molecule has 2 aromatic carbocycles. The van der Waals surface area contributed by atoms with E-state index in [2.05, 4.69) is 20.2 Å². The smallest absolute Gasteiger partial charge is 0.271 e. The van der Waals surface area contributed by atoms with Gasteiger partial charge in [-0.05, 0) is 56.9 Å². The molecule has 0 spiro atoms. The van der Waals surface area contributed by atoms with Gasteiger partial charge >= 0.3 is 0 Å². The molecular formula is C29H26N6O3. The molecule has 0 unspecified atom stereocenters. The molecule has 3 aromatic heterocycles. The maximum Gasteiger partial charge on any atom is 0.271 e. The monoisotopic (exact) mass is 506 g/mol. The molecule has 0 aliphatic heterocycles. The summed E-state index contributed by atoms with van der Waals surface area (Å²) in [5, 5.41) is 20.6. The molecule has 190 valence electrons. The number of hydrogen-bond acceptors (Lipinski definition) is 6. The highest BCUT2D eigenvalue weighted by Crippen LogP contribution is 2.37. The Bertz CT molecular complexity index is 1870. The number of primary amides is 1. The van der Waals surface area contributed by atoms with Gasteiger partial charge < -0.3 is 15.8 Å². The van der Waals surface area contributed by atoms with Gasteiger partial charge in [0.2, 0.25) is 0 Å². The minimum atomic E-state index is -1.05. The number of hydrogen-bond donors (Lipinski definition) is 3. The molecule has 1 aliphatic rings. The first-order chi connectivity index (χ1) is 18.1. The van der Waals surface area contributed by atoms with Gasteiger partial charge in [0, 0.05) is 21.9 Å². The summed E-state index contributed by atoms with van der Waals surface area (Å²) in [5.74, 6) is -0.700. The molecule has 38 heavy (non-hydrogen) atoms. The van der Waals surface area contributed by atoms with Crippen LogP contribution in [0.3, 0.4) is 0 Å². The number of amides is 1. The van der Waals surface area contributed by atoms with Crippen molar-refractivity contribution in [3.8, 4) is 16.9 Å². The topological polar surface area (TPSA) is 140 Å². The van der Waals surface area contributed by atoms with E-state index in [-0.39, 0.29) is 11.3 Å². The Morgan fingerprint density at radius 1 is 1.18 bits per heavy atom. The summed E-state index contributed by atoms with van der Waals surface area (Å²) in [6.45, 7) is 5.34. The van der Waals surface area contributed by atoms with Crippen LogP contribution in [0.25, 0.3) is 44.8 Å². The van der Waals surface area contributed by atoms with E-state index >= 15 is 0 Å². The number of aryl methyl sites for hydroxylation is 1.